The average Bonchev–Trinajstić information content (AvgIpc) is 2.62. The lowest BCUT2D eigenvalue weighted by molar-refractivity contribution is -0.131. The molecule has 2 amide bonds. The highest BCUT2D eigenvalue weighted by Gasteiger charge is 2.13. The summed E-state index contributed by atoms with van der Waals surface area (Å²) < 4.78 is 5.12. The van der Waals surface area contributed by atoms with Gasteiger partial charge in [0, 0.05) is 24.6 Å². The number of carbonyl (C=O) groups is 2. The fourth-order valence-corrected chi connectivity index (χ4v) is 3.07. The minimum Gasteiger partial charge on any atom is -0.497 e. The van der Waals surface area contributed by atoms with E-state index in [0.717, 1.165) is 5.75 Å². The number of methoxy groups -OCH3 is 1. The largest absolute Gasteiger partial charge is 0.497 e. The Morgan fingerprint density at radius 2 is 1.88 bits per heavy atom. The number of rotatable bonds is 8. The monoisotopic (exact) mass is 358 g/mol. The van der Waals surface area contributed by atoms with Gasteiger partial charge in [-0.1, -0.05) is 36.4 Å². The van der Waals surface area contributed by atoms with Crippen LogP contribution in [0.3, 0.4) is 0 Å². The van der Waals surface area contributed by atoms with E-state index in [4.69, 9.17) is 4.74 Å². The molecule has 0 radical (unpaired) electrons. The highest BCUT2D eigenvalue weighted by molar-refractivity contribution is 7.99. The van der Waals surface area contributed by atoms with Crippen LogP contribution in [-0.2, 0) is 15.3 Å². The van der Waals surface area contributed by atoms with Gasteiger partial charge in [0.05, 0.1) is 19.4 Å². The number of hydrogen-bond acceptors (Lipinski definition) is 4. The first-order chi connectivity index (χ1) is 12.1. The summed E-state index contributed by atoms with van der Waals surface area (Å²) >= 11 is 1.54. The standard InChI is InChI=1S/C19H22N2O3S/c1-21(19(23)14-25-13-15-7-4-3-5-8-15)12-18(22)20-16-9-6-10-17(11-16)24-2/h3-11H,12-14H2,1-2H3,(H,20,22). The van der Waals surface area contributed by atoms with Gasteiger partial charge in [0.1, 0.15) is 5.75 Å². The van der Waals surface area contributed by atoms with Crippen molar-refractivity contribution in [1.82, 2.24) is 4.90 Å². The molecule has 0 aromatic heterocycles. The van der Waals surface area contributed by atoms with Crippen molar-refractivity contribution in [2.45, 2.75) is 5.75 Å². The minimum absolute atomic E-state index is 0.0158. The van der Waals surface area contributed by atoms with Crippen LogP contribution in [0.2, 0.25) is 0 Å². The number of nitrogens with zero attached hydrogens (tertiary/aromatic N) is 1. The van der Waals surface area contributed by atoms with Crippen molar-refractivity contribution >= 4 is 29.3 Å². The molecule has 2 aromatic rings. The van der Waals surface area contributed by atoms with E-state index in [2.05, 4.69) is 5.32 Å². The molecule has 0 unspecified atom stereocenters. The zero-order valence-corrected chi connectivity index (χ0v) is 15.2. The Morgan fingerprint density at radius 3 is 2.60 bits per heavy atom. The Bertz CT molecular complexity index is 707. The van der Waals surface area contributed by atoms with Gasteiger partial charge in [-0.25, -0.2) is 0 Å². The first-order valence-corrected chi connectivity index (χ1v) is 9.03. The Labute approximate surface area is 152 Å². The molecule has 0 atom stereocenters. The van der Waals surface area contributed by atoms with Gasteiger partial charge < -0.3 is 15.0 Å². The molecule has 0 saturated heterocycles. The van der Waals surface area contributed by atoms with Gasteiger partial charge in [0.2, 0.25) is 11.8 Å². The second-order valence-corrected chi connectivity index (χ2v) is 6.49. The summed E-state index contributed by atoms with van der Waals surface area (Å²) in [5.74, 6) is 1.48. The number of nitrogens with one attached hydrogen (secondary N) is 1. The molecule has 5 nitrogen and oxygen atoms in total. The molecule has 2 rings (SSSR count). The summed E-state index contributed by atoms with van der Waals surface area (Å²) in [7, 11) is 3.21. The van der Waals surface area contributed by atoms with E-state index in [9.17, 15) is 9.59 Å². The second kappa shape index (κ2) is 9.74. The van der Waals surface area contributed by atoms with Crippen molar-refractivity contribution in [2.75, 3.05) is 31.8 Å². The van der Waals surface area contributed by atoms with Crippen LogP contribution in [0, 0.1) is 0 Å². The second-order valence-electron chi connectivity index (χ2n) is 5.51. The highest BCUT2D eigenvalue weighted by Crippen LogP contribution is 2.16. The Hall–Kier alpha value is -2.47. The lowest BCUT2D eigenvalue weighted by Gasteiger charge is -2.17. The van der Waals surface area contributed by atoms with Gasteiger partial charge in [-0.05, 0) is 17.7 Å². The summed E-state index contributed by atoms with van der Waals surface area (Å²) in [6, 6.07) is 17.1. The number of ether oxygens (including phenoxy) is 1. The molecule has 0 bridgehead atoms. The van der Waals surface area contributed by atoms with Gasteiger partial charge in [0.15, 0.2) is 0 Å². The SMILES string of the molecule is COc1cccc(NC(=O)CN(C)C(=O)CSCc2ccccc2)c1. The normalized spacial score (nSPS) is 10.2. The molecule has 0 aliphatic carbocycles. The molecule has 0 saturated carbocycles. The third-order valence-electron chi connectivity index (χ3n) is 3.50. The van der Waals surface area contributed by atoms with Crippen molar-refractivity contribution in [3.8, 4) is 5.75 Å². The first kappa shape index (κ1) is 18.9. The summed E-state index contributed by atoms with van der Waals surface area (Å²) in [6.45, 7) is 0.0158. The van der Waals surface area contributed by atoms with Gasteiger partial charge in [-0.2, -0.15) is 0 Å². The van der Waals surface area contributed by atoms with Crippen molar-refractivity contribution in [1.29, 1.82) is 0 Å². The molecule has 0 aliphatic rings. The Morgan fingerprint density at radius 1 is 1.12 bits per heavy atom. The number of anilines is 1. The van der Waals surface area contributed by atoms with E-state index in [-0.39, 0.29) is 18.4 Å². The van der Waals surface area contributed by atoms with Crippen LogP contribution in [0.1, 0.15) is 5.56 Å². The summed E-state index contributed by atoms with van der Waals surface area (Å²) in [5.41, 5.74) is 1.82. The van der Waals surface area contributed by atoms with E-state index >= 15 is 0 Å². The maximum absolute atomic E-state index is 12.1. The molecule has 0 fully saturated rings. The Balaban J connectivity index is 1.74. The van der Waals surface area contributed by atoms with Crippen LogP contribution in [0.4, 0.5) is 5.69 Å². The van der Waals surface area contributed by atoms with Gasteiger partial charge >= 0.3 is 0 Å². The number of likely N-dealkylation sites (N-methyl/N-ethyl adjacent to an activating group) is 1. The smallest absolute Gasteiger partial charge is 0.243 e. The van der Waals surface area contributed by atoms with Gasteiger partial charge in [-0.15, -0.1) is 11.8 Å². The molecule has 0 aliphatic heterocycles. The zero-order chi connectivity index (χ0) is 18.1. The fraction of sp³-hybridized carbons (Fsp3) is 0.263. The minimum atomic E-state index is -0.239. The molecular formula is C19H22N2O3S. The maximum atomic E-state index is 12.1. The maximum Gasteiger partial charge on any atom is 0.243 e. The molecule has 0 spiro atoms. The predicted octanol–water partition coefficient (Wildman–Crippen LogP) is 3.03. The lowest BCUT2D eigenvalue weighted by atomic mass is 10.2. The van der Waals surface area contributed by atoms with Crippen LogP contribution in [-0.4, -0.2) is 43.2 Å². The number of hydrogen-bond donors (Lipinski definition) is 1. The van der Waals surface area contributed by atoms with Crippen molar-refractivity contribution < 1.29 is 14.3 Å². The molecule has 1 N–H and O–H groups in total. The lowest BCUT2D eigenvalue weighted by Crippen LogP contribution is -2.35. The third kappa shape index (κ3) is 6.51. The quantitative estimate of drug-likeness (QED) is 0.788. The van der Waals surface area contributed by atoms with Crippen LogP contribution >= 0.6 is 11.8 Å². The van der Waals surface area contributed by atoms with E-state index in [1.54, 1.807) is 38.4 Å². The average molecular weight is 358 g/mol. The van der Waals surface area contributed by atoms with E-state index in [1.165, 1.54) is 22.2 Å². The number of amides is 2. The molecular weight excluding hydrogens is 336 g/mol. The van der Waals surface area contributed by atoms with Crippen molar-refractivity contribution in [3.63, 3.8) is 0 Å². The first-order valence-electron chi connectivity index (χ1n) is 7.88. The summed E-state index contributed by atoms with van der Waals surface area (Å²) in [4.78, 5) is 25.6. The molecule has 0 heterocycles. The summed E-state index contributed by atoms with van der Waals surface area (Å²) in [6.07, 6.45) is 0. The Kier molecular flexibility index (Phi) is 7.35. The summed E-state index contributed by atoms with van der Waals surface area (Å²) in [5, 5.41) is 2.76. The molecule has 132 valence electrons. The molecule has 2 aromatic carbocycles. The highest BCUT2D eigenvalue weighted by atomic mass is 32.2. The molecule has 6 heteroatoms. The zero-order valence-electron chi connectivity index (χ0n) is 14.4. The van der Waals surface area contributed by atoms with Crippen LogP contribution < -0.4 is 10.1 Å². The number of benzene rings is 2. The van der Waals surface area contributed by atoms with E-state index in [0.29, 0.717) is 17.2 Å². The van der Waals surface area contributed by atoms with Crippen LogP contribution in [0.25, 0.3) is 0 Å². The third-order valence-corrected chi connectivity index (χ3v) is 4.49. The van der Waals surface area contributed by atoms with Gasteiger partial charge in [-0.3, -0.25) is 9.59 Å². The van der Waals surface area contributed by atoms with E-state index in [1.807, 2.05) is 30.3 Å². The fourth-order valence-electron chi connectivity index (χ4n) is 2.15. The van der Waals surface area contributed by atoms with Crippen LogP contribution in [0.15, 0.2) is 54.6 Å². The van der Waals surface area contributed by atoms with Crippen molar-refractivity contribution in [2.24, 2.45) is 0 Å². The number of thioether (sulfide) groups is 1. The van der Waals surface area contributed by atoms with Gasteiger partial charge in [0.25, 0.3) is 0 Å². The number of carbonyl (C=O) groups excluding carboxylic acids is 2. The predicted molar refractivity (Wildman–Crippen MR) is 102 cm³/mol. The van der Waals surface area contributed by atoms with E-state index < -0.39 is 0 Å². The van der Waals surface area contributed by atoms with Crippen molar-refractivity contribution in [3.05, 3.63) is 60.2 Å². The molecule has 25 heavy (non-hydrogen) atoms. The topological polar surface area (TPSA) is 58.6 Å². The van der Waals surface area contributed by atoms with Crippen LogP contribution in [0.5, 0.6) is 5.75 Å².